The second-order valence-corrected chi connectivity index (χ2v) is 5.50. The van der Waals surface area contributed by atoms with Gasteiger partial charge in [0.25, 0.3) is 0 Å². The van der Waals surface area contributed by atoms with Crippen LogP contribution in [0.4, 0.5) is 4.79 Å². The molecule has 0 aromatic rings. The number of rotatable bonds is 1. The van der Waals surface area contributed by atoms with Crippen LogP contribution in [0.5, 0.6) is 0 Å². The summed E-state index contributed by atoms with van der Waals surface area (Å²) in [5.74, 6) is -3.70. The summed E-state index contributed by atoms with van der Waals surface area (Å²) in [5, 5.41) is 7.77. The Morgan fingerprint density at radius 3 is 1.71 bits per heavy atom. The van der Waals surface area contributed by atoms with Crippen LogP contribution in [-0.4, -0.2) is 35.7 Å². The predicted molar refractivity (Wildman–Crippen MR) is 25.1 cm³/mol. The van der Waals surface area contributed by atoms with Crippen molar-refractivity contribution in [2.45, 2.75) is 0 Å². The van der Waals surface area contributed by atoms with E-state index in [0.717, 1.165) is 0 Å². The predicted octanol–water partition coefficient (Wildman–Crippen LogP) is -0.420. The Balaban J connectivity index is 4.09. The fourth-order valence-electron chi connectivity index (χ4n) is 0. The maximum absolute atomic E-state index is 9.54. The summed E-state index contributed by atoms with van der Waals surface area (Å²) in [4.78, 5) is 25.8. The molecule has 0 heterocycles. The molecule has 0 radical (unpaired) electrons. The van der Waals surface area contributed by atoms with Crippen LogP contribution in [0.15, 0.2) is 0 Å². The molecule has 0 atom stereocenters. The van der Waals surface area contributed by atoms with Gasteiger partial charge >= 0.3 is 46.5 Å². The minimum atomic E-state index is -3.70. The molecule has 0 aliphatic heterocycles. The van der Waals surface area contributed by atoms with Crippen LogP contribution in [-0.2, 0) is 0 Å². The van der Waals surface area contributed by atoms with Crippen LogP contribution in [0.2, 0.25) is 0 Å². The van der Waals surface area contributed by atoms with Crippen molar-refractivity contribution in [3.05, 3.63) is 0 Å². The van der Waals surface area contributed by atoms with Gasteiger partial charge in [0, 0.05) is 0 Å². The molecule has 0 fully saturated rings. The van der Waals surface area contributed by atoms with Crippen LogP contribution in [0.3, 0.4) is 0 Å². The quantitative estimate of drug-likeness (QED) is 0.386. The van der Waals surface area contributed by atoms with E-state index in [1.807, 2.05) is 0 Å². The topological polar surface area (TPSA) is 77.8 Å². The van der Waals surface area contributed by atoms with Crippen molar-refractivity contribution in [3.8, 4) is 0 Å². The molecule has 6 heteroatoms. The monoisotopic (exact) mass is 190 g/mol. The third kappa shape index (κ3) is 2.97. The van der Waals surface area contributed by atoms with Crippen molar-refractivity contribution in [3.63, 3.8) is 0 Å². The van der Waals surface area contributed by atoms with Gasteiger partial charge in [0.05, 0.1) is 0 Å². The molecule has 0 aliphatic carbocycles. The summed E-state index contributed by atoms with van der Waals surface area (Å²) in [6.07, 6.45) is 0. The Morgan fingerprint density at radius 1 is 1.57 bits per heavy atom. The van der Waals surface area contributed by atoms with Gasteiger partial charge in [-0.3, -0.25) is 0 Å². The zero-order valence-electron chi connectivity index (χ0n) is 3.11. The second-order valence-electron chi connectivity index (χ2n) is 0.827. The average molecular weight is 189 g/mol. The van der Waals surface area contributed by atoms with E-state index in [1.165, 1.54) is 0 Å². The van der Waals surface area contributed by atoms with Crippen molar-refractivity contribution >= 4 is 26.8 Å². The molecule has 0 aliphatic rings. The third-order valence-electron chi connectivity index (χ3n) is 0.249. The van der Waals surface area contributed by atoms with Crippen molar-refractivity contribution in [2.24, 2.45) is 0 Å². The van der Waals surface area contributed by atoms with Crippen molar-refractivity contribution < 1.29 is 19.7 Å². The Morgan fingerprint density at radius 2 is 1.71 bits per heavy atom. The van der Waals surface area contributed by atoms with Crippen molar-refractivity contribution in [2.75, 3.05) is 0 Å². The minimum absolute atomic E-state index is 1.59. The van der Waals surface area contributed by atoms with Crippen LogP contribution in [0.25, 0.3) is 0 Å². The first-order valence-electron chi connectivity index (χ1n) is 1.23. The molecule has 3 N–H and O–H groups in total. The first-order chi connectivity index (χ1) is 2.94. The van der Waals surface area contributed by atoms with Crippen LogP contribution < -0.4 is 0 Å². The van der Waals surface area contributed by atoms with Crippen LogP contribution >= 0.6 is 5.96 Å². The van der Waals surface area contributed by atoms with Gasteiger partial charge in [-0.05, 0) is 0 Å². The Labute approximate surface area is 47.2 Å². The van der Waals surface area contributed by atoms with Gasteiger partial charge in [0.15, 0.2) is 0 Å². The second kappa shape index (κ2) is 2.07. The van der Waals surface area contributed by atoms with Gasteiger partial charge in [0.1, 0.15) is 0 Å². The molecule has 0 saturated heterocycles. The van der Waals surface area contributed by atoms with Gasteiger partial charge in [-0.1, -0.05) is 0 Å². The van der Waals surface area contributed by atoms with E-state index >= 15 is 0 Å². The van der Waals surface area contributed by atoms with Crippen LogP contribution in [0, 0.1) is 0 Å². The van der Waals surface area contributed by atoms with Crippen LogP contribution in [0.1, 0.15) is 0 Å². The molecule has 7 heavy (non-hydrogen) atoms. The summed E-state index contributed by atoms with van der Waals surface area (Å²) >= 11 is 1.74. The van der Waals surface area contributed by atoms with E-state index in [9.17, 15) is 4.79 Å². The number of hydrogen-bond acceptors (Lipinski definition) is 3. The maximum atomic E-state index is 9.54. The molecular formula is CH3O4PSe. The van der Waals surface area contributed by atoms with E-state index in [-0.39, 0.29) is 0 Å². The molecular weight excluding hydrogens is 186 g/mol. The molecule has 42 valence electrons. The molecule has 0 saturated carbocycles. The zero-order valence-corrected chi connectivity index (χ0v) is 5.71. The number of carbonyl (C=O) groups is 1. The average Bonchev–Trinajstić information content (AvgIpc) is 1.31. The SMILES string of the molecule is O=C(O)P(O)(O)=[Se]. The molecule has 0 rings (SSSR count). The molecule has 0 unspecified atom stereocenters. The normalized spacial score (nSPS) is 11.1. The molecule has 0 aromatic heterocycles. The van der Waals surface area contributed by atoms with E-state index in [4.69, 9.17) is 14.9 Å². The number of hydrogen-bond donors (Lipinski definition) is 3. The van der Waals surface area contributed by atoms with E-state index in [0.29, 0.717) is 0 Å². The summed E-state index contributed by atoms with van der Waals surface area (Å²) in [6, 6.07) is 0. The first-order valence-corrected chi connectivity index (χ1v) is 5.14. The van der Waals surface area contributed by atoms with Gasteiger partial charge in [-0.25, -0.2) is 0 Å². The Kier molecular flexibility index (Phi) is 2.17. The first kappa shape index (κ1) is 7.34. The summed E-state index contributed by atoms with van der Waals surface area (Å²) in [6.45, 7) is 0. The van der Waals surface area contributed by atoms with Gasteiger partial charge in [-0.2, -0.15) is 0 Å². The van der Waals surface area contributed by atoms with E-state index < -0.39 is 11.7 Å². The Hall–Kier alpha value is 0.339. The summed E-state index contributed by atoms with van der Waals surface area (Å²) in [5.41, 5.74) is -1.59. The summed E-state index contributed by atoms with van der Waals surface area (Å²) in [7, 11) is 0. The zero-order chi connectivity index (χ0) is 6.08. The van der Waals surface area contributed by atoms with Gasteiger partial charge in [0.2, 0.25) is 0 Å². The summed E-state index contributed by atoms with van der Waals surface area (Å²) < 4.78 is 0. The van der Waals surface area contributed by atoms with E-state index in [1.54, 1.807) is 15.1 Å². The molecule has 0 aromatic carbocycles. The van der Waals surface area contributed by atoms with Crippen molar-refractivity contribution in [1.82, 2.24) is 0 Å². The molecule has 4 nitrogen and oxygen atoms in total. The fraction of sp³-hybridized carbons (Fsp3) is 0. The third-order valence-corrected chi connectivity index (χ3v) is 1.73. The molecule has 0 bridgehead atoms. The van der Waals surface area contributed by atoms with E-state index in [2.05, 4.69) is 0 Å². The number of carboxylic acid groups (broad SMARTS) is 1. The Bertz CT molecular complexity index is 124. The standard InChI is InChI=1S/CH3O4PSe/c2-1(3)6(4,5)7/h(H,2,3)(H2,4,5,7). The van der Waals surface area contributed by atoms with Crippen molar-refractivity contribution in [1.29, 1.82) is 0 Å². The fourth-order valence-corrected chi connectivity index (χ4v) is 0. The van der Waals surface area contributed by atoms with Gasteiger partial charge < -0.3 is 0 Å². The van der Waals surface area contributed by atoms with Gasteiger partial charge in [-0.15, -0.1) is 0 Å². The molecule has 0 amide bonds. The molecule has 0 spiro atoms.